The van der Waals surface area contributed by atoms with Crippen LogP contribution in [-0.2, 0) is 4.79 Å². The fourth-order valence-corrected chi connectivity index (χ4v) is 5.38. The number of hydrogen-bond acceptors (Lipinski definition) is 5. The van der Waals surface area contributed by atoms with Gasteiger partial charge in [0.2, 0.25) is 5.91 Å². The van der Waals surface area contributed by atoms with Crippen molar-refractivity contribution in [2.24, 2.45) is 5.92 Å². The van der Waals surface area contributed by atoms with E-state index in [1.54, 1.807) is 11.3 Å². The van der Waals surface area contributed by atoms with Gasteiger partial charge in [0.25, 0.3) is 0 Å². The number of aromatic nitrogens is 3. The van der Waals surface area contributed by atoms with E-state index in [1.807, 2.05) is 61.0 Å². The highest BCUT2D eigenvalue weighted by atomic mass is 32.1. The number of piperidine rings is 1. The Kier molecular flexibility index (Phi) is 5.43. The first-order valence-corrected chi connectivity index (χ1v) is 11.9. The van der Waals surface area contributed by atoms with Gasteiger partial charge in [-0.15, -0.1) is 0 Å². The molecule has 1 amide bonds. The molecule has 3 heterocycles. The van der Waals surface area contributed by atoms with E-state index in [0.29, 0.717) is 6.54 Å². The number of fused-ring (bicyclic) bond motifs is 1. The maximum absolute atomic E-state index is 13.0. The van der Waals surface area contributed by atoms with Crippen LogP contribution in [0.4, 0.5) is 10.8 Å². The van der Waals surface area contributed by atoms with Crippen LogP contribution in [0.5, 0.6) is 0 Å². The Morgan fingerprint density at radius 3 is 2.72 bits per heavy atom. The van der Waals surface area contributed by atoms with Gasteiger partial charge in [0.15, 0.2) is 10.8 Å². The second kappa shape index (κ2) is 8.39. The van der Waals surface area contributed by atoms with E-state index in [4.69, 9.17) is 10.1 Å². The van der Waals surface area contributed by atoms with E-state index in [0.717, 1.165) is 57.5 Å². The number of thiazole rings is 1. The molecule has 0 aliphatic carbocycles. The fraction of sp³-hybridized carbons (Fsp3) is 0.320. The molecular formula is C25H27N5OS. The van der Waals surface area contributed by atoms with Crippen molar-refractivity contribution in [1.82, 2.24) is 14.8 Å². The van der Waals surface area contributed by atoms with Crippen molar-refractivity contribution in [2.45, 2.75) is 33.6 Å². The number of rotatable bonds is 4. The van der Waals surface area contributed by atoms with Crippen molar-refractivity contribution in [3.63, 3.8) is 0 Å². The Bertz CT molecular complexity index is 1280. The molecule has 6 nitrogen and oxygen atoms in total. The number of benzene rings is 2. The summed E-state index contributed by atoms with van der Waals surface area (Å²) in [6.07, 6.45) is 1.87. The fourth-order valence-electron chi connectivity index (χ4n) is 4.36. The summed E-state index contributed by atoms with van der Waals surface area (Å²) in [4.78, 5) is 20.2. The summed E-state index contributed by atoms with van der Waals surface area (Å²) in [6.45, 7) is 7.73. The molecule has 1 aliphatic heterocycles. The van der Waals surface area contributed by atoms with Crippen LogP contribution in [0.3, 0.4) is 0 Å². The average molecular weight is 446 g/mol. The number of aryl methyl sites for hydroxylation is 3. The molecule has 1 aliphatic rings. The maximum Gasteiger partial charge on any atom is 0.229 e. The Labute approximate surface area is 191 Å². The summed E-state index contributed by atoms with van der Waals surface area (Å²) in [6, 6.07) is 16.2. The third kappa shape index (κ3) is 3.88. The van der Waals surface area contributed by atoms with E-state index >= 15 is 0 Å². The van der Waals surface area contributed by atoms with Crippen LogP contribution in [0.25, 0.3) is 16.0 Å². The highest BCUT2D eigenvalue weighted by Crippen LogP contribution is 2.34. The molecular weight excluding hydrogens is 418 g/mol. The Hall–Kier alpha value is -3.19. The lowest BCUT2D eigenvalue weighted by Crippen LogP contribution is -2.40. The zero-order valence-electron chi connectivity index (χ0n) is 18.6. The van der Waals surface area contributed by atoms with E-state index < -0.39 is 0 Å². The molecule has 7 heteroatoms. The lowest BCUT2D eigenvalue weighted by atomic mass is 9.97. The number of amides is 1. The van der Waals surface area contributed by atoms with Gasteiger partial charge < -0.3 is 10.2 Å². The van der Waals surface area contributed by atoms with Crippen molar-refractivity contribution < 1.29 is 4.79 Å². The molecule has 0 spiro atoms. The number of nitrogens with zero attached hydrogens (tertiary/aromatic N) is 4. The molecule has 1 atom stereocenters. The van der Waals surface area contributed by atoms with Gasteiger partial charge in [-0.1, -0.05) is 47.2 Å². The van der Waals surface area contributed by atoms with Gasteiger partial charge in [0.05, 0.1) is 22.0 Å². The first-order chi connectivity index (χ1) is 15.5. The second-order valence-corrected chi connectivity index (χ2v) is 9.55. The maximum atomic E-state index is 13.0. The molecule has 5 rings (SSSR count). The quantitative estimate of drug-likeness (QED) is 0.465. The summed E-state index contributed by atoms with van der Waals surface area (Å²) in [5.41, 5.74) is 6.06. The first-order valence-electron chi connectivity index (χ1n) is 11.0. The Morgan fingerprint density at radius 1 is 1.12 bits per heavy atom. The first kappa shape index (κ1) is 20.7. The highest BCUT2D eigenvalue weighted by Gasteiger charge is 2.28. The lowest BCUT2D eigenvalue weighted by Gasteiger charge is -2.31. The van der Waals surface area contributed by atoms with E-state index in [2.05, 4.69) is 23.2 Å². The van der Waals surface area contributed by atoms with Crippen LogP contribution in [0.1, 0.15) is 29.7 Å². The summed E-state index contributed by atoms with van der Waals surface area (Å²) in [7, 11) is 0. The van der Waals surface area contributed by atoms with Crippen molar-refractivity contribution in [3.05, 3.63) is 65.4 Å². The van der Waals surface area contributed by atoms with Crippen molar-refractivity contribution in [2.75, 3.05) is 23.3 Å². The summed E-state index contributed by atoms with van der Waals surface area (Å²) in [5.74, 6) is 0.0394. The van der Waals surface area contributed by atoms with Gasteiger partial charge in [-0.05, 0) is 57.4 Å². The molecule has 1 saturated heterocycles. The van der Waals surface area contributed by atoms with Crippen LogP contribution in [0, 0.1) is 26.7 Å². The summed E-state index contributed by atoms with van der Waals surface area (Å²) < 4.78 is 3.02. The molecule has 2 aromatic heterocycles. The molecule has 1 N–H and O–H groups in total. The predicted octanol–water partition coefficient (Wildman–Crippen LogP) is 5.26. The van der Waals surface area contributed by atoms with Gasteiger partial charge in [-0.2, -0.15) is 10.1 Å². The zero-order valence-corrected chi connectivity index (χ0v) is 19.4. The van der Waals surface area contributed by atoms with Gasteiger partial charge in [0, 0.05) is 18.8 Å². The average Bonchev–Trinajstić information content (AvgIpc) is 3.37. The van der Waals surface area contributed by atoms with Gasteiger partial charge in [-0.3, -0.25) is 4.79 Å². The normalized spacial score (nSPS) is 16.5. The standard InChI is InChI=1S/C25H27N5OS/c1-16-11-12-21(17(2)14-16)26-24(31)19-8-7-13-29(15-19)25-27-23-22(32-25)18(3)28-30(23)20-9-5-4-6-10-20/h4-6,9-12,14,19H,7-8,13,15H2,1-3H3,(H,26,31)/t19-/m1/s1. The molecule has 4 aromatic rings. The van der Waals surface area contributed by atoms with Crippen molar-refractivity contribution >= 4 is 38.4 Å². The van der Waals surface area contributed by atoms with Crippen LogP contribution in [0.15, 0.2) is 48.5 Å². The van der Waals surface area contributed by atoms with Gasteiger partial charge in [0.1, 0.15) is 0 Å². The molecule has 0 radical (unpaired) electrons. The lowest BCUT2D eigenvalue weighted by molar-refractivity contribution is -0.120. The van der Waals surface area contributed by atoms with Crippen molar-refractivity contribution in [1.29, 1.82) is 0 Å². The smallest absolute Gasteiger partial charge is 0.229 e. The van der Waals surface area contributed by atoms with E-state index in [1.165, 1.54) is 5.56 Å². The molecule has 0 saturated carbocycles. The minimum atomic E-state index is -0.0526. The SMILES string of the molecule is Cc1ccc(NC(=O)[C@@H]2CCCN(c3nc4c(s3)c(C)nn4-c3ccccc3)C2)c(C)c1. The summed E-state index contributed by atoms with van der Waals surface area (Å²) in [5, 5.41) is 8.80. The zero-order chi connectivity index (χ0) is 22.2. The number of nitrogens with one attached hydrogen (secondary N) is 1. The van der Waals surface area contributed by atoms with Crippen LogP contribution < -0.4 is 10.2 Å². The van der Waals surface area contributed by atoms with Crippen LogP contribution >= 0.6 is 11.3 Å². The molecule has 0 unspecified atom stereocenters. The Balaban J connectivity index is 1.37. The molecule has 1 fully saturated rings. The minimum Gasteiger partial charge on any atom is -0.347 e. The minimum absolute atomic E-state index is 0.0526. The number of carbonyl (C=O) groups is 1. The third-order valence-corrected chi connectivity index (χ3v) is 7.29. The third-order valence-electron chi connectivity index (χ3n) is 6.08. The van der Waals surface area contributed by atoms with E-state index in [-0.39, 0.29) is 11.8 Å². The largest absolute Gasteiger partial charge is 0.347 e. The topological polar surface area (TPSA) is 63.1 Å². The molecule has 0 bridgehead atoms. The van der Waals surface area contributed by atoms with Gasteiger partial charge in [-0.25, -0.2) is 4.68 Å². The Morgan fingerprint density at radius 2 is 1.94 bits per heavy atom. The number of para-hydroxylation sites is 1. The molecule has 164 valence electrons. The number of hydrogen-bond donors (Lipinski definition) is 1. The number of carbonyl (C=O) groups excluding carboxylic acids is 1. The predicted molar refractivity (Wildman–Crippen MR) is 131 cm³/mol. The second-order valence-electron chi connectivity index (χ2n) is 8.57. The molecule has 2 aromatic carbocycles. The van der Waals surface area contributed by atoms with E-state index in [9.17, 15) is 4.79 Å². The summed E-state index contributed by atoms with van der Waals surface area (Å²) >= 11 is 1.67. The monoisotopic (exact) mass is 445 g/mol. The van der Waals surface area contributed by atoms with Gasteiger partial charge >= 0.3 is 0 Å². The molecule has 32 heavy (non-hydrogen) atoms. The van der Waals surface area contributed by atoms with Crippen LogP contribution in [0.2, 0.25) is 0 Å². The number of anilines is 2. The van der Waals surface area contributed by atoms with Crippen LogP contribution in [-0.4, -0.2) is 33.8 Å². The highest BCUT2D eigenvalue weighted by molar-refractivity contribution is 7.22. The van der Waals surface area contributed by atoms with Crippen molar-refractivity contribution in [3.8, 4) is 5.69 Å².